The summed E-state index contributed by atoms with van der Waals surface area (Å²) in [4.78, 5) is 10.1. The van der Waals surface area contributed by atoms with E-state index in [1.807, 2.05) is 5.32 Å². The molecular formula is C3H5Cl3N2O. The monoisotopic (exact) mass is 190 g/mol. The van der Waals surface area contributed by atoms with Crippen LogP contribution in [0.1, 0.15) is 0 Å². The highest BCUT2D eigenvalue weighted by Gasteiger charge is 2.23. The highest BCUT2D eigenvalue weighted by atomic mass is 35.5. The highest BCUT2D eigenvalue weighted by Crippen LogP contribution is 2.17. The number of alkyl halides is 3. The molecule has 0 rings (SSSR count). The average molecular weight is 191 g/mol. The Balaban J connectivity index is 3.71. The number of hydrogen-bond donors (Lipinski definition) is 2. The van der Waals surface area contributed by atoms with E-state index < -0.39 is 10.5 Å². The lowest BCUT2D eigenvalue weighted by molar-refractivity contribution is 0.247. The van der Waals surface area contributed by atoms with Gasteiger partial charge in [-0.25, -0.2) is 4.79 Å². The summed E-state index contributed by atoms with van der Waals surface area (Å²) in [6, 6.07) is -0.805. The first kappa shape index (κ1) is 9.14. The number of hydrogen-bond acceptors (Lipinski definition) is 1. The summed E-state index contributed by atoms with van der Waals surface area (Å²) in [6.45, 7) is 0. The zero-order chi connectivity index (χ0) is 7.49. The summed E-state index contributed by atoms with van der Waals surface area (Å²) in [5.74, 6) is -0.112. The molecule has 0 unspecified atom stereocenters. The van der Waals surface area contributed by atoms with Gasteiger partial charge in [-0.2, -0.15) is 0 Å². The summed E-state index contributed by atoms with van der Waals surface area (Å²) in [7, 11) is 0. The van der Waals surface area contributed by atoms with Crippen molar-refractivity contribution in [2.24, 2.45) is 5.73 Å². The minimum Gasteiger partial charge on any atom is -0.352 e. The fourth-order valence-electron chi connectivity index (χ4n) is 0.214. The van der Waals surface area contributed by atoms with E-state index in [-0.39, 0.29) is 5.88 Å². The predicted octanol–water partition coefficient (Wildman–Crippen LogP) is 1.02. The van der Waals surface area contributed by atoms with Crippen LogP contribution in [0.25, 0.3) is 0 Å². The molecule has 0 bridgehead atoms. The lowest BCUT2D eigenvalue weighted by Crippen LogP contribution is -2.43. The molecule has 0 saturated carbocycles. The molecular weight excluding hydrogens is 186 g/mol. The predicted molar refractivity (Wildman–Crippen MR) is 37.9 cm³/mol. The van der Waals surface area contributed by atoms with Crippen LogP contribution in [0.15, 0.2) is 0 Å². The maximum Gasteiger partial charge on any atom is 0.314 e. The van der Waals surface area contributed by atoms with E-state index in [1.165, 1.54) is 0 Å². The van der Waals surface area contributed by atoms with Gasteiger partial charge in [0.15, 0.2) is 0 Å². The standard InChI is InChI=1S/C3H5Cl3N2O/c4-1-3(5,6)8-2(7)9/h1H2,(H3,7,8,9). The lowest BCUT2D eigenvalue weighted by atomic mass is 10.7. The summed E-state index contributed by atoms with van der Waals surface area (Å²) in [6.07, 6.45) is 0. The molecule has 54 valence electrons. The molecule has 0 radical (unpaired) electrons. The van der Waals surface area contributed by atoms with Crippen LogP contribution in [-0.2, 0) is 0 Å². The summed E-state index contributed by atoms with van der Waals surface area (Å²) < 4.78 is -1.45. The first-order chi connectivity index (χ1) is 3.98. The molecule has 9 heavy (non-hydrogen) atoms. The number of urea groups is 1. The Hall–Kier alpha value is 0.140. The summed E-state index contributed by atoms with van der Waals surface area (Å²) >= 11 is 15.9. The highest BCUT2D eigenvalue weighted by molar-refractivity contribution is 6.51. The molecule has 0 saturated heterocycles. The van der Waals surface area contributed by atoms with Crippen LogP contribution in [0, 0.1) is 0 Å². The van der Waals surface area contributed by atoms with Crippen LogP contribution >= 0.6 is 34.8 Å². The molecule has 3 N–H and O–H groups in total. The van der Waals surface area contributed by atoms with Gasteiger partial charge in [0.05, 0.1) is 5.88 Å². The van der Waals surface area contributed by atoms with Gasteiger partial charge in [0.2, 0.25) is 4.46 Å². The Morgan fingerprint density at radius 1 is 1.67 bits per heavy atom. The van der Waals surface area contributed by atoms with E-state index >= 15 is 0 Å². The molecule has 0 heterocycles. The van der Waals surface area contributed by atoms with E-state index in [2.05, 4.69) is 5.73 Å². The van der Waals surface area contributed by atoms with Crippen LogP contribution in [0.2, 0.25) is 0 Å². The maximum atomic E-state index is 10.1. The van der Waals surface area contributed by atoms with Crippen LogP contribution in [0.3, 0.4) is 0 Å². The van der Waals surface area contributed by atoms with E-state index in [1.54, 1.807) is 0 Å². The van der Waals surface area contributed by atoms with Crippen LogP contribution in [0.5, 0.6) is 0 Å². The third-order valence-electron chi connectivity index (χ3n) is 0.474. The Bertz CT molecular complexity index is 116. The summed E-state index contributed by atoms with van der Waals surface area (Å²) in [5.41, 5.74) is 4.68. The van der Waals surface area contributed by atoms with Crippen molar-refractivity contribution in [1.82, 2.24) is 5.32 Å². The zero-order valence-electron chi connectivity index (χ0n) is 4.33. The number of rotatable bonds is 2. The van der Waals surface area contributed by atoms with E-state index in [4.69, 9.17) is 34.8 Å². The molecule has 0 aromatic rings. The number of amides is 2. The quantitative estimate of drug-likeness (QED) is 0.497. The molecule has 0 aliphatic carbocycles. The van der Waals surface area contributed by atoms with Gasteiger partial charge >= 0.3 is 6.03 Å². The SMILES string of the molecule is NC(=O)NC(Cl)(Cl)CCl. The molecule has 6 heteroatoms. The Labute approximate surface area is 67.4 Å². The van der Waals surface area contributed by atoms with E-state index in [9.17, 15) is 4.79 Å². The maximum absolute atomic E-state index is 10.1. The molecule has 0 aromatic heterocycles. The molecule has 0 fully saturated rings. The lowest BCUT2D eigenvalue weighted by Gasteiger charge is -2.15. The molecule has 0 spiro atoms. The minimum atomic E-state index is -1.45. The molecule has 2 amide bonds. The van der Waals surface area contributed by atoms with Crippen LogP contribution in [-0.4, -0.2) is 16.4 Å². The number of nitrogens with one attached hydrogen (secondary N) is 1. The van der Waals surface area contributed by atoms with Crippen molar-refractivity contribution in [3.05, 3.63) is 0 Å². The van der Waals surface area contributed by atoms with Crippen LogP contribution < -0.4 is 11.1 Å². The Morgan fingerprint density at radius 2 is 2.11 bits per heavy atom. The molecule has 3 nitrogen and oxygen atoms in total. The zero-order valence-corrected chi connectivity index (χ0v) is 6.59. The van der Waals surface area contributed by atoms with Crippen molar-refractivity contribution < 1.29 is 4.79 Å². The second-order valence-electron chi connectivity index (χ2n) is 1.33. The summed E-state index contributed by atoms with van der Waals surface area (Å²) in [5, 5.41) is 2.01. The normalized spacial score (nSPS) is 11.0. The molecule has 0 aromatic carbocycles. The van der Waals surface area contributed by atoms with Gasteiger partial charge in [0.25, 0.3) is 0 Å². The Morgan fingerprint density at radius 3 is 2.22 bits per heavy atom. The van der Waals surface area contributed by atoms with Gasteiger partial charge in [-0.1, -0.05) is 23.2 Å². The van der Waals surface area contributed by atoms with Crippen molar-refractivity contribution in [3.8, 4) is 0 Å². The largest absolute Gasteiger partial charge is 0.352 e. The fraction of sp³-hybridized carbons (Fsp3) is 0.667. The van der Waals surface area contributed by atoms with Gasteiger partial charge < -0.3 is 11.1 Å². The van der Waals surface area contributed by atoms with Gasteiger partial charge in [0.1, 0.15) is 0 Å². The molecule has 0 aliphatic rings. The third-order valence-corrected chi connectivity index (χ3v) is 1.60. The second kappa shape index (κ2) is 3.34. The van der Waals surface area contributed by atoms with Gasteiger partial charge in [-0.05, 0) is 0 Å². The van der Waals surface area contributed by atoms with E-state index in [0.29, 0.717) is 0 Å². The third kappa shape index (κ3) is 4.63. The topological polar surface area (TPSA) is 55.1 Å². The first-order valence-electron chi connectivity index (χ1n) is 1.99. The van der Waals surface area contributed by atoms with Crippen molar-refractivity contribution >= 4 is 40.8 Å². The number of primary amides is 1. The van der Waals surface area contributed by atoms with Crippen molar-refractivity contribution in [1.29, 1.82) is 0 Å². The average Bonchev–Trinajstić information content (AvgIpc) is 1.63. The number of carbonyl (C=O) groups is 1. The Kier molecular flexibility index (Phi) is 3.40. The van der Waals surface area contributed by atoms with Crippen molar-refractivity contribution in [2.75, 3.05) is 5.88 Å². The number of nitrogens with two attached hydrogens (primary N) is 1. The number of carbonyl (C=O) groups excluding carboxylic acids is 1. The van der Waals surface area contributed by atoms with Crippen molar-refractivity contribution in [3.63, 3.8) is 0 Å². The van der Waals surface area contributed by atoms with Gasteiger partial charge in [0, 0.05) is 0 Å². The fourth-order valence-corrected chi connectivity index (χ4v) is 0.467. The van der Waals surface area contributed by atoms with Gasteiger partial charge in [-0.3, -0.25) is 0 Å². The second-order valence-corrected chi connectivity index (χ2v) is 3.08. The smallest absolute Gasteiger partial charge is 0.314 e. The molecule has 0 aliphatic heterocycles. The minimum absolute atomic E-state index is 0.112. The van der Waals surface area contributed by atoms with Crippen molar-refractivity contribution in [2.45, 2.75) is 4.46 Å². The van der Waals surface area contributed by atoms with Gasteiger partial charge in [-0.15, -0.1) is 11.6 Å². The molecule has 0 atom stereocenters. The first-order valence-corrected chi connectivity index (χ1v) is 3.28. The van der Waals surface area contributed by atoms with E-state index in [0.717, 1.165) is 0 Å². The van der Waals surface area contributed by atoms with Crippen LogP contribution in [0.4, 0.5) is 4.79 Å². The number of halogens is 3.